The summed E-state index contributed by atoms with van der Waals surface area (Å²) < 4.78 is 18.6. The fourth-order valence-electron chi connectivity index (χ4n) is 3.52. The van der Waals surface area contributed by atoms with Crippen molar-refractivity contribution in [3.63, 3.8) is 0 Å². The van der Waals surface area contributed by atoms with Gasteiger partial charge in [0.05, 0.1) is 5.69 Å². The number of hydrogen-bond donors (Lipinski definition) is 2. The first kappa shape index (κ1) is 26.1. The highest BCUT2D eigenvalue weighted by atomic mass is 127. The highest BCUT2D eigenvalue weighted by molar-refractivity contribution is 14.0. The van der Waals surface area contributed by atoms with E-state index in [1.54, 1.807) is 18.4 Å². The molecule has 2 heterocycles. The first-order chi connectivity index (χ1) is 15.2. The van der Waals surface area contributed by atoms with E-state index in [0.29, 0.717) is 31.8 Å². The van der Waals surface area contributed by atoms with Crippen LogP contribution in [-0.4, -0.2) is 54.5 Å². The highest BCUT2D eigenvalue weighted by Gasteiger charge is 2.15. The van der Waals surface area contributed by atoms with Gasteiger partial charge in [-0.1, -0.05) is 6.42 Å². The molecule has 1 saturated heterocycles. The Kier molecular flexibility index (Phi) is 11.5. The predicted octanol–water partition coefficient (Wildman–Crippen LogP) is 3.99. The van der Waals surface area contributed by atoms with Crippen molar-refractivity contribution in [2.45, 2.75) is 45.4 Å². The Bertz CT molecular complexity index is 856. The number of carbonyl (C=O) groups excluding carboxylic acids is 1. The van der Waals surface area contributed by atoms with Gasteiger partial charge in [0.2, 0.25) is 11.8 Å². The van der Waals surface area contributed by atoms with Crippen LogP contribution in [0.4, 0.5) is 4.39 Å². The average Bonchev–Trinajstić information content (AvgIpc) is 3.14. The molecule has 0 spiro atoms. The van der Waals surface area contributed by atoms with Gasteiger partial charge in [-0.2, -0.15) is 0 Å². The number of halogens is 2. The number of nitrogens with one attached hydrogen (secondary N) is 2. The Hall–Kier alpha value is -2.17. The van der Waals surface area contributed by atoms with Crippen LogP contribution in [0, 0.1) is 5.82 Å². The number of benzene rings is 1. The molecule has 0 radical (unpaired) electrons. The van der Waals surface area contributed by atoms with Gasteiger partial charge in [-0.25, -0.2) is 9.37 Å². The second-order valence-corrected chi connectivity index (χ2v) is 7.63. The Morgan fingerprint density at radius 1 is 1.22 bits per heavy atom. The van der Waals surface area contributed by atoms with Gasteiger partial charge in [-0.15, -0.1) is 24.0 Å². The van der Waals surface area contributed by atoms with Gasteiger partial charge >= 0.3 is 0 Å². The highest BCUT2D eigenvalue weighted by Crippen LogP contribution is 2.19. The summed E-state index contributed by atoms with van der Waals surface area (Å²) in [6.45, 7) is 5.77. The van der Waals surface area contributed by atoms with Crippen molar-refractivity contribution < 1.29 is 13.6 Å². The Balaban J connectivity index is 0.00000363. The van der Waals surface area contributed by atoms with E-state index in [9.17, 15) is 9.18 Å². The Morgan fingerprint density at radius 3 is 2.81 bits per heavy atom. The number of likely N-dealkylation sites (tertiary alicyclic amines) is 1. The molecule has 1 aromatic heterocycles. The molecule has 0 atom stereocenters. The molecule has 1 amide bonds. The number of aromatic nitrogens is 1. The fourth-order valence-corrected chi connectivity index (χ4v) is 3.52. The number of hydrogen-bond acceptors (Lipinski definition) is 4. The lowest BCUT2D eigenvalue weighted by Crippen LogP contribution is -2.38. The van der Waals surface area contributed by atoms with Gasteiger partial charge in [0, 0.05) is 51.1 Å². The normalized spacial score (nSPS) is 14.6. The van der Waals surface area contributed by atoms with Crippen LogP contribution in [0.2, 0.25) is 0 Å². The third-order valence-corrected chi connectivity index (χ3v) is 5.19. The van der Waals surface area contributed by atoms with Crippen LogP contribution in [0.3, 0.4) is 0 Å². The molecule has 0 saturated carbocycles. The zero-order chi connectivity index (χ0) is 21.9. The van der Waals surface area contributed by atoms with Crippen LogP contribution in [0.1, 0.15) is 44.7 Å². The maximum Gasteiger partial charge on any atom is 0.226 e. The summed E-state index contributed by atoms with van der Waals surface area (Å²) >= 11 is 0. The van der Waals surface area contributed by atoms with Crippen LogP contribution in [0.25, 0.3) is 11.5 Å². The van der Waals surface area contributed by atoms with Gasteiger partial charge in [0.1, 0.15) is 12.1 Å². The molecular formula is C23H33FIN5O2. The van der Waals surface area contributed by atoms with E-state index in [-0.39, 0.29) is 35.7 Å². The minimum absolute atomic E-state index is 0. The lowest BCUT2D eigenvalue weighted by molar-refractivity contribution is -0.130. The van der Waals surface area contributed by atoms with E-state index in [1.807, 2.05) is 11.8 Å². The maximum atomic E-state index is 13.1. The number of carbonyl (C=O) groups is 1. The summed E-state index contributed by atoms with van der Waals surface area (Å²) in [5.41, 5.74) is 1.57. The Labute approximate surface area is 206 Å². The molecule has 2 aromatic rings. The number of nitrogens with zero attached hydrogens (tertiary/aromatic N) is 3. The largest absolute Gasteiger partial charge is 0.444 e. The van der Waals surface area contributed by atoms with Gasteiger partial charge in [-0.05, 0) is 50.5 Å². The minimum Gasteiger partial charge on any atom is -0.444 e. The molecule has 1 aliphatic heterocycles. The van der Waals surface area contributed by atoms with Crippen molar-refractivity contribution in [2.24, 2.45) is 4.99 Å². The third kappa shape index (κ3) is 8.40. The molecule has 7 nitrogen and oxygen atoms in total. The molecule has 0 unspecified atom stereocenters. The first-order valence-electron chi connectivity index (χ1n) is 11.2. The first-order valence-corrected chi connectivity index (χ1v) is 11.2. The summed E-state index contributed by atoms with van der Waals surface area (Å²) in [6.07, 6.45) is 7.10. The van der Waals surface area contributed by atoms with E-state index < -0.39 is 0 Å². The Morgan fingerprint density at radius 2 is 2.03 bits per heavy atom. The molecule has 176 valence electrons. The number of rotatable bonds is 9. The van der Waals surface area contributed by atoms with E-state index in [0.717, 1.165) is 62.5 Å². The van der Waals surface area contributed by atoms with E-state index in [2.05, 4.69) is 20.6 Å². The van der Waals surface area contributed by atoms with Crippen LogP contribution in [0.15, 0.2) is 39.9 Å². The predicted molar refractivity (Wildman–Crippen MR) is 135 cm³/mol. The molecular weight excluding hydrogens is 524 g/mol. The van der Waals surface area contributed by atoms with Gasteiger partial charge in [-0.3, -0.25) is 9.79 Å². The van der Waals surface area contributed by atoms with Crippen molar-refractivity contribution >= 4 is 35.8 Å². The standard InChI is InChI=1S/C23H32FN5O2.HI/c1-2-25-23(26-13-6-16-29-15-5-3-4-7-21(29)30)27-14-12-20-17-31-22(28-20)18-8-10-19(24)11-9-18;/h8-11,17H,2-7,12-16H2,1H3,(H2,25,26,27);1H. The molecule has 1 aromatic carbocycles. The number of amides is 1. The number of oxazole rings is 1. The van der Waals surface area contributed by atoms with E-state index in [1.165, 1.54) is 12.1 Å². The van der Waals surface area contributed by atoms with Crippen molar-refractivity contribution in [3.05, 3.63) is 42.0 Å². The van der Waals surface area contributed by atoms with Crippen LogP contribution >= 0.6 is 24.0 Å². The molecule has 2 N–H and O–H groups in total. The maximum absolute atomic E-state index is 13.1. The molecule has 9 heteroatoms. The molecule has 32 heavy (non-hydrogen) atoms. The summed E-state index contributed by atoms with van der Waals surface area (Å²) in [5, 5.41) is 6.55. The lowest BCUT2D eigenvalue weighted by Gasteiger charge is -2.20. The monoisotopic (exact) mass is 557 g/mol. The van der Waals surface area contributed by atoms with E-state index >= 15 is 0 Å². The number of aliphatic imine (C=N–C) groups is 1. The topological polar surface area (TPSA) is 82.8 Å². The smallest absolute Gasteiger partial charge is 0.226 e. The molecule has 3 rings (SSSR count). The second-order valence-electron chi connectivity index (χ2n) is 7.63. The second kappa shape index (κ2) is 14.1. The molecule has 0 aliphatic carbocycles. The zero-order valence-electron chi connectivity index (χ0n) is 18.6. The molecule has 1 fully saturated rings. The minimum atomic E-state index is -0.284. The fraction of sp³-hybridized carbons (Fsp3) is 0.522. The van der Waals surface area contributed by atoms with Crippen molar-refractivity contribution in [3.8, 4) is 11.5 Å². The van der Waals surface area contributed by atoms with Crippen molar-refractivity contribution in [2.75, 3.05) is 32.7 Å². The SMILES string of the molecule is CCNC(=NCCCN1CCCCCC1=O)NCCc1coc(-c2ccc(F)cc2)n1.I. The summed E-state index contributed by atoms with van der Waals surface area (Å²) in [5.74, 6) is 1.23. The summed E-state index contributed by atoms with van der Waals surface area (Å²) in [7, 11) is 0. The summed E-state index contributed by atoms with van der Waals surface area (Å²) in [4.78, 5) is 23.1. The average molecular weight is 557 g/mol. The third-order valence-electron chi connectivity index (χ3n) is 5.19. The van der Waals surface area contributed by atoms with Gasteiger partial charge in [0.15, 0.2) is 5.96 Å². The van der Waals surface area contributed by atoms with Gasteiger partial charge < -0.3 is 20.0 Å². The van der Waals surface area contributed by atoms with Gasteiger partial charge in [0.25, 0.3) is 0 Å². The van der Waals surface area contributed by atoms with E-state index in [4.69, 9.17) is 4.42 Å². The molecule has 0 bridgehead atoms. The van der Waals surface area contributed by atoms with Crippen LogP contribution in [-0.2, 0) is 11.2 Å². The van der Waals surface area contributed by atoms with Crippen molar-refractivity contribution in [1.29, 1.82) is 0 Å². The quantitative estimate of drug-likeness (QED) is 0.211. The van der Waals surface area contributed by atoms with Crippen LogP contribution in [0.5, 0.6) is 0 Å². The summed E-state index contributed by atoms with van der Waals surface area (Å²) in [6, 6.07) is 6.09. The molecule has 1 aliphatic rings. The zero-order valence-corrected chi connectivity index (χ0v) is 20.9. The lowest BCUT2D eigenvalue weighted by atomic mass is 10.2. The number of guanidine groups is 1. The van der Waals surface area contributed by atoms with Crippen molar-refractivity contribution in [1.82, 2.24) is 20.5 Å². The van der Waals surface area contributed by atoms with Crippen LogP contribution < -0.4 is 10.6 Å².